The predicted molar refractivity (Wildman–Crippen MR) is 78.4 cm³/mol. The molecule has 1 aromatic rings. The first-order valence-corrected chi connectivity index (χ1v) is 7.30. The average molecular weight is 262 g/mol. The molecule has 1 atom stereocenters. The van der Waals surface area contributed by atoms with Gasteiger partial charge in [0.25, 0.3) is 0 Å². The van der Waals surface area contributed by atoms with Crippen LogP contribution in [0.2, 0.25) is 0 Å². The van der Waals surface area contributed by atoms with Crippen LogP contribution in [0.25, 0.3) is 0 Å². The Morgan fingerprint density at radius 2 is 1.74 bits per heavy atom. The van der Waals surface area contributed by atoms with Crippen LogP contribution in [-0.4, -0.2) is 11.2 Å². The van der Waals surface area contributed by atoms with Gasteiger partial charge in [0.1, 0.15) is 5.75 Å². The average Bonchev–Trinajstić information content (AvgIpc) is 2.27. The van der Waals surface area contributed by atoms with Gasteiger partial charge in [-0.25, -0.2) is 0 Å². The molecule has 2 heteroatoms. The van der Waals surface area contributed by atoms with Gasteiger partial charge in [-0.1, -0.05) is 26.0 Å². The highest BCUT2D eigenvalue weighted by Gasteiger charge is 2.39. The molecule has 1 N–H and O–H groups in total. The highest BCUT2D eigenvalue weighted by atomic mass is 16.5. The zero-order valence-electron chi connectivity index (χ0n) is 12.6. The van der Waals surface area contributed by atoms with E-state index in [1.807, 2.05) is 38.1 Å². The van der Waals surface area contributed by atoms with E-state index in [-0.39, 0.29) is 11.5 Å². The number of ether oxygens (including phenoxy) is 1. The van der Waals surface area contributed by atoms with Gasteiger partial charge < -0.3 is 9.84 Å². The molecule has 0 heterocycles. The quantitative estimate of drug-likeness (QED) is 0.882. The van der Waals surface area contributed by atoms with E-state index in [2.05, 4.69) is 13.8 Å². The van der Waals surface area contributed by atoms with Crippen LogP contribution in [-0.2, 0) is 5.60 Å². The molecule has 0 aromatic heterocycles. The molecular formula is C17H26O2. The molecule has 1 fully saturated rings. The monoisotopic (exact) mass is 262 g/mol. The lowest BCUT2D eigenvalue weighted by atomic mass is 9.67. The first-order valence-electron chi connectivity index (χ1n) is 7.30. The van der Waals surface area contributed by atoms with E-state index < -0.39 is 5.60 Å². The molecule has 2 rings (SSSR count). The summed E-state index contributed by atoms with van der Waals surface area (Å²) in [6.07, 6.45) is 4.17. The van der Waals surface area contributed by atoms with Crippen LogP contribution in [0, 0.1) is 5.41 Å². The fraction of sp³-hybridized carbons (Fsp3) is 0.647. The second-order valence-electron chi connectivity index (χ2n) is 6.92. The maximum Gasteiger partial charge on any atom is 0.119 e. The minimum Gasteiger partial charge on any atom is -0.491 e. The van der Waals surface area contributed by atoms with E-state index in [9.17, 15) is 5.11 Å². The number of hydrogen-bond donors (Lipinski definition) is 1. The van der Waals surface area contributed by atoms with Gasteiger partial charge in [0.2, 0.25) is 0 Å². The van der Waals surface area contributed by atoms with Gasteiger partial charge in [-0.2, -0.15) is 0 Å². The Hall–Kier alpha value is -1.02. The van der Waals surface area contributed by atoms with Crippen molar-refractivity contribution in [3.63, 3.8) is 0 Å². The maximum absolute atomic E-state index is 10.9. The topological polar surface area (TPSA) is 29.5 Å². The normalized spacial score (nSPS) is 26.4. The van der Waals surface area contributed by atoms with E-state index in [1.165, 1.54) is 6.42 Å². The van der Waals surface area contributed by atoms with Gasteiger partial charge in [0, 0.05) is 0 Å². The molecule has 1 aromatic carbocycles. The molecule has 1 aliphatic rings. The van der Waals surface area contributed by atoms with Crippen molar-refractivity contribution >= 4 is 0 Å². The van der Waals surface area contributed by atoms with Crippen molar-refractivity contribution in [2.45, 2.75) is 65.1 Å². The van der Waals surface area contributed by atoms with E-state index in [0.29, 0.717) is 0 Å². The number of benzene rings is 1. The van der Waals surface area contributed by atoms with Gasteiger partial charge in [-0.3, -0.25) is 0 Å². The Morgan fingerprint density at radius 1 is 1.11 bits per heavy atom. The molecule has 1 aliphatic carbocycles. The van der Waals surface area contributed by atoms with Crippen LogP contribution in [0.1, 0.15) is 58.9 Å². The molecule has 0 radical (unpaired) electrons. The van der Waals surface area contributed by atoms with Gasteiger partial charge in [-0.15, -0.1) is 0 Å². The van der Waals surface area contributed by atoms with Gasteiger partial charge >= 0.3 is 0 Å². The fourth-order valence-electron chi connectivity index (χ4n) is 3.19. The van der Waals surface area contributed by atoms with E-state index in [0.717, 1.165) is 30.6 Å². The smallest absolute Gasteiger partial charge is 0.119 e. The first kappa shape index (κ1) is 14.4. The summed E-state index contributed by atoms with van der Waals surface area (Å²) < 4.78 is 5.65. The molecule has 2 nitrogen and oxygen atoms in total. The zero-order chi connectivity index (χ0) is 14.1. The second kappa shape index (κ2) is 5.16. The molecule has 0 bridgehead atoms. The summed E-state index contributed by atoms with van der Waals surface area (Å²) >= 11 is 0. The van der Waals surface area contributed by atoms with Crippen molar-refractivity contribution in [3.05, 3.63) is 29.8 Å². The third kappa shape index (κ3) is 3.50. The van der Waals surface area contributed by atoms with Crippen molar-refractivity contribution in [1.82, 2.24) is 0 Å². The lowest BCUT2D eigenvalue weighted by molar-refractivity contribution is -0.0440. The van der Waals surface area contributed by atoms with E-state index in [4.69, 9.17) is 4.74 Å². The minimum absolute atomic E-state index is 0.183. The van der Waals surface area contributed by atoms with E-state index >= 15 is 0 Å². The van der Waals surface area contributed by atoms with Gasteiger partial charge in [-0.05, 0) is 62.6 Å². The summed E-state index contributed by atoms with van der Waals surface area (Å²) in [6, 6.07) is 7.96. The fourth-order valence-corrected chi connectivity index (χ4v) is 3.19. The Bertz CT molecular complexity index is 419. The molecular weight excluding hydrogens is 236 g/mol. The Labute approximate surface area is 116 Å². The van der Waals surface area contributed by atoms with Crippen molar-refractivity contribution in [1.29, 1.82) is 0 Å². The van der Waals surface area contributed by atoms with Crippen LogP contribution in [0.4, 0.5) is 0 Å². The van der Waals surface area contributed by atoms with Gasteiger partial charge in [0.05, 0.1) is 11.7 Å². The Morgan fingerprint density at radius 3 is 2.26 bits per heavy atom. The van der Waals surface area contributed by atoms with Crippen molar-refractivity contribution in [3.8, 4) is 5.75 Å². The van der Waals surface area contributed by atoms with Crippen LogP contribution in [0.5, 0.6) is 5.75 Å². The molecule has 0 spiro atoms. The summed E-state index contributed by atoms with van der Waals surface area (Å²) in [5, 5.41) is 10.9. The third-order valence-electron chi connectivity index (χ3n) is 3.98. The van der Waals surface area contributed by atoms with Crippen molar-refractivity contribution < 1.29 is 9.84 Å². The molecule has 1 saturated carbocycles. The SMILES string of the molecule is CC(C)Oc1ccc(C2(O)CCCC(C)(C)C2)cc1. The van der Waals surface area contributed by atoms with Crippen molar-refractivity contribution in [2.24, 2.45) is 5.41 Å². The molecule has 0 aliphatic heterocycles. The Balaban J connectivity index is 2.16. The number of aliphatic hydroxyl groups is 1. The van der Waals surface area contributed by atoms with Crippen LogP contribution >= 0.6 is 0 Å². The Kier molecular flexibility index (Phi) is 3.91. The van der Waals surface area contributed by atoms with Gasteiger partial charge in [0.15, 0.2) is 0 Å². The molecule has 19 heavy (non-hydrogen) atoms. The standard InChI is InChI=1S/C17H26O2/c1-13(2)19-15-8-6-14(7-9-15)17(18)11-5-10-16(3,4)12-17/h6-9,13,18H,5,10-12H2,1-4H3. The highest BCUT2D eigenvalue weighted by molar-refractivity contribution is 5.31. The molecule has 106 valence electrons. The van der Waals surface area contributed by atoms with Crippen molar-refractivity contribution in [2.75, 3.05) is 0 Å². The second-order valence-corrected chi connectivity index (χ2v) is 6.92. The minimum atomic E-state index is -0.669. The predicted octanol–water partition coefficient (Wildman–Crippen LogP) is 4.26. The van der Waals surface area contributed by atoms with Crippen LogP contribution < -0.4 is 4.74 Å². The zero-order valence-corrected chi connectivity index (χ0v) is 12.6. The first-order chi connectivity index (χ1) is 8.81. The largest absolute Gasteiger partial charge is 0.491 e. The lowest BCUT2D eigenvalue weighted by Crippen LogP contribution is -2.36. The van der Waals surface area contributed by atoms with Crippen LogP contribution in [0.3, 0.4) is 0 Å². The summed E-state index contributed by atoms with van der Waals surface area (Å²) in [4.78, 5) is 0. The number of rotatable bonds is 3. The summed E-state index contributed by atoms with van der Waals surface area (Å²) in [6.45, 7) is 8.52. The third-order valence-corrected chi connectivity index (χ3v) is 3.98. The summed E-state index contributed by atoms with van der Waals surface area (Å²) in [5.41, 5.74) is 0.578. The maximum atomic E-state index is 10.9. The summed E-state index contributed by atoms with van der Waals surface area (Å²) in [7, 11) is 0. The highest BCUT2D eigenvalue weighted by Crippen LogP contribution is 2.46. The van der Waals surface area contributed by atoms with Crippen LogP contribution in [0.15, 0.2) is 24.3 Å². The molecule has 0 saturated heterocycles. The lowest BCUT2D eigenvalue weighted by Gasteiger charge is -2.42. The van der Waals surface area contributed by atoms with E-state index in [1.54, 1.807) is 0 Å². The molecule has 1 unspecified atom stereocenters. The summed E-state index contributed by atoms with van der Waals surface area (Å²) in [5.74, 6) is 0.873. The molecule has 0 amide bonds. The number of hydrogen-bond acceptors (Lipinski definition) is 2.